The Hall–Kier alpha value is 0.140. The van der Waals surface area contributed by atoms with E-state index in [0.29, 0.717) is 12.8 Å². The molecule has 1 rings (SSSR count). The molecule has 0 spiro atoms. The minimum atomic E-state index is -0.433. The molecule has 1 saturated carbocycles. The minimum absolute atomic E-state index is 0. The summed E-state index contributed by atoms with van der Waals surface area (Å²) in [5.74, 6) is -0.296. The van der Waals surface area contributed by atoms with Crippen LogP contribution in [0.2, 0.25) is 0 Å². The fourth-order valence-corrected chi connectivity index (χ4v) is 1.11. The molecule has 0 aliphatic heterocycles. The first kappa shape index (κ1) is 11.1. The first-order valence-corrected chi connectivity index (χ1v) is 3.40. The first-order chi connectivity index (χ1) is 4.70. The number of ether oxygens (including phenoxy) is 1. The molecule has 0 aromatic carbocycles. The standard InChI is InChI=1S/C7H10O3.Na.H/c1-5(8)10-7-4-2-3-6(7)9;;/h7H,2-4H2,1H3;;/q;+1;-1. The van der Waals surface area contributed by atoms with Gasteiger partial charge in [-0.3, -0.25) is 9.59 Å². The molecule has 0 aromatic rings. The van der Waals surface area contributed by atoms with E-state index >= 15 is 0 Å². The van der Waals surface area contributed by atoms with Crippen LogP contribution >= 0.6 is 0 Å². The number of hydrogen-bond donors (Lipinski definition) is 0. The Morgan fingerprint density at radius 1 is 1.73 bits per heavy atom. The van der Waals surface area contributed by atoms with Gasteiger partial charge in [0, 0.05) is 13.3 Å². The second-order valence-electron chi connectivity index (χ2n) is 2.46. The fraction of sp³-hybridized carbons (Fsp3) is 0.714. The smallest absolute Gasteiger partial charge is 1.00 e. The van der Waals surface area contributed by atoms with Gasteiger partial charge >= 0.3 is 35.5 Å². The van der Waals surface area contributed by atoms with Gasteiger partial charge in [-0.1, -0.05) is 0 Å². The summed E-state index contributed by atoms with van der Waals surface area (Å²) in [4.78, 5) is 21.2. The average molecular weight is 166 g/mol. The van der Waals surface area contributed by atoms with Crippen molar-refractivity contribution in [2.24, 2.45) is 0 Å². The van der Waals surface area contributed by atoms with Crippen molar-refractivity contribution >= 4 is 11.8 Å². The van der Waals surface area contributed by atoms with Gasteiger partial charge in [0.05, 0.1) is 0 Å². The molecule has 11 heavy (non-hydrogen) atoms. The summed E-state index contributed by atoms with van der Waals surface area (Å²) < 4.78 is 4.73. The van der Waals surface area contributed by atoms with Gasteiger partial charge in [-0.25, -0.2) is 0 Å². The van der Waals surface area contributed by atoms with Crippen molar-refractivity contribution in [3.63, 3.8) is 0 Å². The van der Waals surface area contributed by atoms with E-state index in [1.807, 2.05) is 0 Å². The summed E-state index contributed by atoms with van der Waals surface area (Å²) >= 11 is 0. The van der Waals surface area contributed by atoms with E-state index in [1.54, 1.807) is 0 Å². The van der Waals surface area contributed by atoms with E-state index in [0.717, 1.165) is 6.42 Å². The molecular weight excluding hydrogens is 155 g/mol. The van der Waals surface area contributed by atoms with Crippen molar-refractivity contribution in [3.8, 4) is 0 Å². The molecule has 4 heteroatoms. The monoisotopic (exact) mass is 166 g/mol. The molecule has 0 heterocycles. The van der Waals surface area contributed by atoms with Crippen LogP contribution in [-0.4, -0.2) is 17.9 Å². The number of ketones is 1. The number of rotatable bonds is 1. The number of esters is 1. The SMILES string of the molecule is CC(=O)OC1CCCC1=O.[H-].[Na+]. The molecule has 1 aliphatic rings. The van der Waals surface area contributed by atoms with Gasteiger partial charge in [0.25, 0.3) is 0 Å². The third-order valence-corrected chi connectivity index (χ3v) is 1.56. The molecule has 0 radical (unpaired) electrons. The Kier molecular flexibility index (Phi) is 4.97. The first-order valence-electron chi connectivity index (χ1n) is 3.40. The zero-order valence-electron chi connectivity index (χ0n) is 7.92. The Morgan fingerprint density at radius 3 is 2.73 bits per heavy atom. The summed E-state index contributed by atoms with van der Waals surface area (Å²) in [6, 6.07) is 0. The molecule has 1 aliphatic carbocycles. The third kappa shape index (κ3) is 3.36. The Bertz CT molecular complexity index is 172. The predicted molar refractivity (Wildman–Crippen MR) is 35.5 cm³/mol. The molecule has 0 saturated heterocycles. The second kappa shape index (κ2) is 4.91. The van der Waals surface area contributed by atoms with E-state index in [9.17, 15) is 9.59 Å². The minimum Gasteiger partial charge on any atom is -1.00 e. The summed E-state index contributed by atoms with van der Waals surface area (Å²) in [6.45, 7) is 1.32. The van der Waals surface area contributed by atoms with Crippen LogP contribution in [0.25, 0.3) is 0 Å². The van der Waals surface area contributed by atoms with Crippen LogP contribution in [0.15, 0.2) is 0 Å². The van der Waals surface area contributed by atoms with Gasteiger partial charge < -0.3 is 6.16 Å². The predicted octanol–water partition coefficient (Wildman–Crippen LogP) is -2.21. The topological polar surface area (TPSA) is 43.4 Å². The van der Waals surface area contributed by atoms with Crippen molar-refractivity contribution in [3.05, 3.63) is 0 Å². The summed E-state index contributed by atoms with van der Waals surface area (Å²) in [5.41, 5.74) is 0. The molecule has 3 nitrogen and oxygen atoms in total. The maximum Gasteiger partial charge on any atom is 1.00 e. The molecule has 0 amide bonds. The fourth-order valence-electron chi connectivity index (χ4n) is 1.11. The molecule has 0 aromatic heterocycles. The number of carbonyl (C=O) groups excluding carboxylic acids is 2. The third-order valence-electron chi connectivity index (χ3n) is 1.56. The molecule has 0 N–H and O–H groups in total. The van der Waals surface area contributed by atoms with Crippen molar-refractivity contribution in [2.45, 2.75) is 32.3 Å². The van der Waals surface area contributed by atoms with E-state index < -0.39 is 6.10 Å². The van der Waals surface area contributed by atoms with Gasteiger partial charge in [-0.2, -0.15) is 0 Å². The zero-order valence-corrected chi connectivity index (χ0v) is 8.92. The van der Waals surface area contributed by atoms with Gasteiger partial charge in [0.1, 0.15) is 0 Å². The van der Waals surface area contributed by atoms with Crippen molar-refractivity contribution in [1.82, 2.24) is 0 Å². The molecule has 58 valence electrons. The van der Waals surface area contributed by atoms with Crippen molar-refractivity contribution < 1.29 is 45.3 Å². The molecular formula is C7H11NaO3. The van der Waals surface area contributed by atoms with Crippen LogP contribution in [0.4, 0.5) is 0 Å². The Labute approximate surface area is 89.3 Å². The Morgan fingerprint density at radius 2 is 2.36 bits per heavy atom. The van der Waals surface area contributed by atoms with E-state index in [1.165, 1.54) is 6.92 Å². The molecule has 0 bridgehead atoms. The van der Waals surface area contributed by atoms with Gasteiger partial charge in [-0.05, 0) is 12.8 Å². The number of hydrogen-bond acceptors (Lipinski definition) is 3. The number of Topliss-reactive ketones (excluding diaryl/α,β-unsaturated/α-hetero) is 1. The van der Waals surface area contributed by atoms with Crippen LogP contribution in [-0.2, 0) is 14.3 Å². The largest absolute Gasteiger partial charge is 1.00 e. The van der Waals surface area contributed by atoms with Gasteiger partial charge in [0.2, 0.25) is 0 Å². The normalized spacial score (nSPS) is 22.6. The summed E-state index contributed by atoms with van der Waals surface area (Å²) in [6.07, 6.45) is 1.70. The maximum atomic E-state index is 10.8. The van der Waals surface area contributed by atoms with Crippen LogP contribution < -0.4 is 29.6 Å². The van der Waals surface area contributed by atoms with Crippen LogP contribution in [0.3, 0.4) is 0 Å². The summed E-state index contributed by atoms with van der Waals surface area (Å²) in [5, 5.41) is 0. The maximum absolute atomic E-state index is 10.8. The van der Waals surface area contributed by atoms with Gasteiger partial charge in [-0.15, -0.1) is 0 Å². The van der Waals surface area contributed by atoms with Crippen LogP contribution in [0.1, 0.15) is 27.6 Å². The van der Waals surface area contributed by atoms with Crippen molar-refractivity contribution in [1.29, 1.82) is 0 Å². The average Bonchev–Trinajstić information content (AvgIpc) is 2.15. The quantitative estimate of drug-likeness (QED) is 0.327. The zero-order chi connectivity index (χ0) is 7.56. The second-order valence-corrected chi connectivity index (χ2v) is 2.46. The molecule has 1 atom stereocenters. The molecule has 1 fully saturated rings. The number of carbonyl (C=O) groups is 2. The van der Waals surface area contributed by atoms with Crippen LogP contribution in [0.5, 0.6) is 0 Å². The summed E-state index contributed by atoms with van der Waals surface area (Å²) in [7, 11) is 0. The Balaban J connectivity index is 0. The van der Waals surface area contributed by atoms with E-state index in [-0.39, 0.29) is 42.7 Å². The molecule has 1 unspecified atom stereocenters. The van der Waals surface area contributed by atoms with Crippen LogP contribution in [0, 0.1) is 0 Å². The van der Waals surface area contributed by atoms with E-state index in [4.69, 9.17) is 4.74 Å². The van der Waals surface area contributed by atoms with E-state index in [2.05, 4.69) is 0 Å². The van der Waals surface area contributed by atoms with Gasteiger partial charge in [0.15, 0.2) is 11.9 Å². The van der Waals surface area contributed by atoms with Crippen molar-refractivity contribution in [2.75, 3.05) is 0 Å².